The number of nitrogens with zero attached hydrogens (tertiary/aromatic N) is 2. The molecule has 0 bridgehead atoms. The summed E-state index contributed by atoms with van der Waals surface area (Å²) in [5.74, 6) is 1.03. The van der Waals surface area contributed by atoms with Crippen LogP contribution in [-0.4, -0.2) is 35.6 Å². The van der Waals surface area contributed by atoms with Gasteiger partial charge in [0.1, 0.15) is 5.82 Å². The van der Waals surface area contributed by atoms with Crippen LogP contribution >= 0.6 is 15.9 Å². The number of aromatic nitrogens is 2. The summed E-state index contributed by atoms with van der Waals surface area (Å²) in [6, 6.07) is 4.73. The molecule has 1 aromatic carbocycles. The molecule has 0 saturated heterocycles. The molecular weight excluding hydrogens is 458 g/mol. The number of hydrogen-bond acceptors (Lipinski definition) is 7. The minimum absolute atomic E-state index is 0.0687. The SMILES string of the molecule is CCCC(CNc1nc(Nc2ccc(S(N)(=O)=O)c(C)c2)ncc1Br)C(C)(C)O. The standard InChI is InChI=1S/C19H28BrN5O3S/c1-5-6-13(19(3,4)26)10-22-17-15(20)11-23-18(25-17)24-14-7-8-16(12(2)9-14)29(21,27)28/h7-9,11,13,26H,5-6,10H2,1-4H3,(H2,21,27,28)(H2,22,23,24,25). The van der Waals surface area contributed by atoms with Crippen LogP contribution in [0.2, 0.25) is 0 Å². The molecule has 0 fully saturated rings. The predicted molar refractivity (Wildman–Crippen MR) is 119 cm³/mol. The van der Waals surface area contributed by atoms with Crippen molar-refractivity contribution in [3.63, 3.8) is 0 Å². The third-order valence-corrected chi connectivity index (χ3v) is 6.29. The van der Waals surface area contributed by atoms with Crippen molar-refractivity contribution >= 4 is 43.4 Å². The first-order valence-electron chi connectivity index (χ1n) is 9.31. The van der Waals surface area contributed by atoms with Crippen LogP contribution < -0.4 is 15.8 Å². The van der Waals surface area contributed by atoms with E-state index in [2.05, 4.69) is 43.5 Å². The quantitative estimate of drug-likeness (QED) is 0.427. The van der Waals surface area contributed by atoms with Crippen molar-refractivity contribution in [2.45, 2.75) is 51.0 Å². The molecular formula is C19H28BrN5O3S. The molecule has 1 atom stereocenters. The van der Waals surface area contributed by atoms with E-state index < -0.39 is 15.6 Å². The maximum atomic E-state index is 11.6. The molecule has 2 rings (SSSR count). The Balaban J connectivity index is 2.17. The van der Waals surface area contributed by atoms with Crippen LogP contribution in [0.25, 0.3) is 0 Å². The maximum Gasteiger partial charge on any atom is 0.238 e. The van der Waals surface area contributed by atoms with Crippen molar-refractivity contribution in [3.05, 3.63) is 34.4 Å². The van der Waals surface area contributed by atoms with E-state index in [1.807, 2.05) is 13.8 Å². The molecule has 8 nitrogen and oxygen atoms in total. The van der Waals surface area contributed by atoms with Gasteiger partial charge in [-0.05, 0) is 66.9 Å². The summed E-state index contributed by atoms with van der Waals surface area (Å²) in [6.07, 6.45) is 3.49. The normalized spacial score (nSPS) is 13.2. The number of aliphatic hydroxyl groups is 1. The molecule has 0 spiro atoms. The smallest absolute Gasteiger partial charge is 0.238 e. The number of rotatable bonds is 9. The van der Waals surface area contributed by atoms with Crippen LogP contribution in [0.5, 0.6) is 0 Å². The molecule has 29 heavy (non-hydrogen) atoms. The van der Waals surface area contributed by atoms with Gasteiger partial charge < -0.3 is 15.7 Å². The number of halogens is 1. The van der Waals surface area contributed by atoms with Gasteiger partial charge in [0.2, 0.25) is 16.0 Å². The third-order valence-electron chi connectivity index (χ3n) is 4.63. The largest absolute Gasteiger partial charge is 0.390 e. The molecule has 0 aliphatic rings. The Morgan fingerprint density at radius 2 is 2.03 bits per heavy atom. The molecule has 1 unspecified atom stereocenters. The zero-order chi connectivity index (χ0) is 21.8. The molecule has 160 valence electrons. The fraction of sp³-hybridized carbons (Fsp3) is 0.474. The van der Waals surface area contributed by atoms with Crippen LogP contribution in [0.4, 0.5) is 17.5 Å². The number of nitrogens with one attached hydrogen (secondary N) is 2. The van der Waals surface area contributed by atoms with E-state index in [4.69, 9.17) is 5.14 Å². The molecule has 0 amide bonds. The van der Waals surface area contributed by atoms with Gasteiger partial charge in [0, 0.05) is 24.3 Å². The number of benzene rings is 1. The summed E-state index contributed by atoms with van der Waals surface area (Å²) in [5, 5.41) is 21.9. The predicted octanol–water partition coefficient (Wildman–Crippen LogP) is 3.54. The van der Waals surface area contributed by atoms with E-state index in [-0.39, 0.29) is 10.8 Å². The van der Waals surface area contributed by atoms with Gasteiger partial charge in [-0.15, -0.1) is 0 Å². The number of nitrogens with two attached hydrogens (primary N) is 1. The Kier molecular flexibility index (Phi) is 7.61. The average Bonchev–Trinajstić information content (AvgIpc) is 2.59. The lowest BCUT2D eigenvalue weighted by Gasteiger charge is -2.29. The van der Waals surface area contributed by atoms with E-state index >= 15 is 0 Å². The Morgan fingerprint density at radius 3 is 2.59 bits per heavy atom. The van der Waals surface area contributed by atoms with Gasteiger partial charge in [-0.2, -0.15) is 4.98 Å². The van der Waals surface area contributed by atoms with Gasteiger partial charge in [0.05, 0.1) is 15.0 Å². The summed E-state index contributed by atoms with van der Waals surface area (Å²) >= 11 is 3.44. The Morgan fingerprint density at radius 1 is 1.34 bits per heavy atom. The second-order valence-corrected chi connectivity index (χ2v) is 9.94. The molecule has 0 saturated carbocycles. The van der Waals surface area contributed by atoms with Gasteiger partial charge in [-0.1, -0.05) is 13.3 Å². The minimum Gasteiger partial charge on any atom is -0.390 e. The van der Waals surface area contributed by atoms with Crippen LogP contribution in [0, 0.1) is 12.8 Å². The number of primary sulfonamides is 1. The summed E-state index contributed by atoms with van der Waals surface area (Å²) < 4.78 is 23.8. The van der Waals surface area contributed by atoms with Crippen LogP contribution in [-0.2, 0) is 10.0 Å². The maximum absolute atomic E-state index is 11.6. The molecule has 1 heterocycles. The summed E-state index contributed by atoms with van der Waals surface area (Å²) in [4.78, 5) is 8.80. The Labute approximate surface area is 180 Å². The Bertz CT molecular complexity index is 961. The topological polar surface area (TPSA) is 130 Å². The van der Waals surface area contributed by atoms with Crippen molar-refractivity contribution < 1.29 is 13.5 Å². The van der Waals surface area contributed by atoms with Gasteiger partial charge >= 0.3 is 0 Å². The lowest BCUT2D eigenvalue weighted by molar-refractivity contribution is 0.0186. The van der Waals surface area contributed by atoms with Crippen LogP contribution in [0.3, 0.4) is 0 Å². The van der Waals surface area contributed by atoms with Crippen molar-refractivity contribution in [1.29, 1.82) is 0 Å². The molecule has 10 heteroatoms. The zero-order valence-corrected chi connectivity index (χ0v) is 19.4. The van der Waals surface area contributed by atoms with Crippen molar-refractivity contribution in [1.82, 2.24) is 9.97 Å². The molecule has 0 aliphatic heterocycles. The van der Waals surface area contributed by atoms with Crippen LogP contribution in [0.15, 0.2) is 33.8 Å². The minimum atomic E-state index is -3.76. The van der Waals surface area contributed by atoms with E-state index in [9.17, 15) is 13.5 Å². The fourth-order valence-electron chi connectivity index (χ4n) is 3.00. The highest BCUT2D eigenvalue weighted by atomic mass is 79.9. The van der Waals surface area contributed by atoms with Gasteiger partial charge in [-0.25, -0.2) is 18.5 Å². The molecule has 0 aliphatic carbocycles. The Hall–Kier alpha value is -1.75. The summed E-state index contributed by atoms with van der Waals surface area (Å²) in [7, 11) is -3.76. The van der Waals surface area contributed by atoms with Gasteiger partial charge in [-0.3, -0.25) is 0 Å². The van der Waals surface area contributed by atoms with E-state index in [0.29, 0.717) is 34.0 Å². The average molecular weight is 486 g/mol. The van der Waals surface area contributed by atoms with E-state index in [1.54, 1.807) is 25.3 Å². The first-order chi connectivity index (χ1) is 13.4. The molecule has 2 aromatic rings. The first kappa shape index (κ1) is 23.5. The van der Waals surface area contributed by atoms with Crippen LogP contribution in [0.1, 0.15) is 39.2 Å². The number of anilines is 3. The molecule has 1 aromatic heterocycles. The second kappa shape index (κ2) is 9.38. The number of aryl methyl sites for hydroxylation is 1. The van der Waals surface area contributed by atoms with Crippen molar-refractivity contribution in [3.8, 4) is 0 Å². The van der Waals surface area contributed by atoms with Crippen molar-refractivity contribution in [2.24, 2.45) is 11.1 Å². The highest BCUT2D eigenvalue weighted by molar-refractivity contribution is 9.10. The summed E-state index contributed by atoms with van der Waals surface area (Å²) in [5.41, 5.74) is 0.371. The first-order valence-corrected chi connectivity index (χ1v) is 11.6. The second-order valence-electron chi connectivity index (χ2n) is 7.56. The third kappa shape index (κ3) is 6.63. The number of hydrogen-bond donors (Lipinski definition) is 4. The summed E-state index contributed by atoms with van der Waals surface area (Å²) in [6.45, 7) is 7.94. The lowest BCUT2D eigenvalue weighted by Crippen LogP contribution is -2.35. The monoisotopic (exact) mass is 485 g/mol. The van der Waals surface area contributed by atoms with Gasteiger partial charge in [0.25, 0.3) is 0 Å². The highest BCUT2D eigenvalue weighted by Gasteiger charge is 2.26. The highest BCUT2D eigenvalue weighted by Crippen LogP contribution is 2.26. The molecule has 5 N–H and O–H groups in total. The number of sulfonamides is 1. The van der Waals surface area contributed by atoms with E-state index in [1.165, 1.54) is 6.07 Å². The van der Waals surface area contributed by atoms with Crippen molar-refractivity contribution in [2.75, 3.05) is 17.2 Å². The van der Waals surface area contributed by atoms with E-state index in [0.717, 1.165) is 12.8 Å². The zero-order valence-electron chi connectivity index (χ0n) is 17.0. The molecule has 0 radical (unpaired) electrons. The lowest BCUT2D eigenvalue weighted by atomic mass is 9.87. The fourth-order valence-corrected chi connectivity index (χ4v) is 4.10. The van der Waals surface area contributed by atoms with Gasteiger partial charge in [0.15, 0.2) is 0 Å².